The average molecular weight is 1080 g/mol. The number of rotatable bonds is 20. The zero-order chi connectivity index (χ0) is 55.2. The van der Waals surface area contributed by atoms with Gasteiger partial charge < -0.3 is 40.4 Å². The highest BCUT2D eigenvalue weighted by molar-refractivity contribution is 7.13. The molecule has 4 amide bonds. The van der Waals surface area contributed by atoms with E-state index in [4.69, 9.17) is 9.47 Å². The van der Waals surface area contributed by atoms with Crippen LogP contribution in [-0.4, -0.2) is 118 Å². The van der Waals surface area contributed by atoms with Crippen LogP contribution < -0.4 is 20.7 Å². The number of para-hydroxylation sites is 1. The summed E-state index contributed by atoms with van der Waals surface area (Å²) in [7, 11) is 0. The number of amides is 4. The number of fused-ring (bicyclic) bond motifs is 3. The van der Waals surface area contributed by atoms with E-state index in [-0.39, 0.29) is 87.8 Å². The molecule has 77 heavy (non-hydrogen) atoms. The molecular formula is C59H68F3N7O7S. The highest BCUT2D eigenvalue weighted by Gasteiger charge is 2.45. The summed E-state index contributed by atoms with van der Waals surface area (Å²) in [5.41, 5.74) is 5.39. The van der Waals surface area contributed by atoms with Crippen LogP contribution in [0.5, 0.6) is 5.75 Å². The number of H-pyrrole nitrogens is 1. The molecule has 1 unspecified atom stereocenters. The van der Waals surface area contributed by atoms with Gasteiger partial charge in [-0.3, -0.25) is 24.1 Å². The Morgan fingerprint density at radius 1 is 0.935 bits per heavy atom. The molecule has 4 aromatic carbocycles. The van der Waals surface area contributed by atoms with E-state index in [1.165, 1.54) is 43.0 Å². The van der Waals surface area contributed by atoms with Crippen molar-refractivity contribution in [3.63, 3.8) is 0 Å². The highest BCUT2D eigenvalue weighted by Crippen LogP contribution is 2.43. The number of nitrogens with zero attached hydrogens (tertiary/aromatic N) is 3. The summed E-state index contributed by atoms with van der Waals surface area (Å²) in [6.45, 7) is 13.2. The van der Waals surface area contributed by atoms with Crippen LogP contribution in [0.1, 0.15) is 93.2 Å². The molecule has 0 saturated carbocycles. The number of aliphatic hydroxyl groups excluding tert-OH is 1. The van der Waals surface area contributed by atoms with Crippen molar-refractivity contribution >= 4 is 51.9 Å². The largest absolute Gasteiger partial charge is 0.491 e. The van der Waals surface area contributed by atoms with Gasteiger partial charge >= 0.3 is 0 Å². The smallest absolute Gasteiger partial charge is 0.246 e. The third kappa shape index (κ3) is 14.0. The van der Waals surface area contributed by atoms with E-state index in [0.29, 0.717) is 23.4 Å². The van der Waals surface area contributed by atoms with Crippen molar-refractivity contribution < 1.29 is 46.9 Å². The number of alkyl halides is 1. The third-order valence-electron chi connectivity index (χ3n) is 13.9. The molecule has 2 aliphatic rings. The molecule has 4 heterocycles. The van der Waals surface area contributed by atoms with Crippen molar-refractivity contribution in [3.05, 3.63) is 147 Å². The molecule has 0 spiro atoms. The second-order valence-electron chi connectivity index (χ2n) is 21.7. The Kier molecular flexibility index (Phi) is 17.7. The van der Waals surface area contributed by atoms with Gasteiger partial charge in [-0.25, -0.2) is 18.2 Å². The van der Waals surface area contributed by atoms with Gasteiger partial charge in [0.25, 0.3) is 0 Å². The molecule has 1 fully saturated rings. The van der Waals surface area contributed by atoms with Crippen LogP contribution in [0.15, 0.2) is 96.5 Å². The van der Waals surface area contributed by atoms with Crippen molar-refractivity contribution in [2.45, 2.75) is 110 Å². The summed E-state index contributed by atoms with van der Waals surface area (Å²) in [6, 6.07) is 21.8. The van der Waals surface area contributed by atoms with E-state index >= 15 is 13.2 Å². The normalized spacial score (nSPS) is 18.4. The van der Waals surface area contributed by atoms with Crippen LogP contribution >= 0.6 is 11.3 Å². The Hall–Kier alpha value is -6.86. The molecule has 408 valence electrons. The number of aromatic amines is 1. The van der Waals surface area contributed by atoms with Gasteiger partial charge in [-0.1, -0.05) is 75.4 Å². The van der Waals surface area contributed by atoms with Gasteiger partial charge in [0.05, 0.1) is 47.9 Å². The lowest BCUT2D eigenvalue weighted by atomic mass is 9.85. The minimum absolute atomic E-state index is 0.0225. The average Bonchev–Trinajstić information content (AvgIpc) is 4.32. The monoisotopic (exact) mass is 1080 g/mol. The fourth-order valence-electron chi connectivity index (χ4n) is 10.1. The van der Waals surface area contributed by atoms with Crippen LogP contribution in [0.3, 0.4) is 0 Å². The number of aryl methyl sites for hydroxylation is 1. The number of carbonyl (C=O) groups is 4. The van der Waals surface area contributed by atoms with Crippen molar-refractivity contribution in [1.29, 1.82) is 0 Å². The number of halogens is 3. The van der Waals surface area contributed by atoms with E-state index in [1.807, 2.05) is 88.0 Å². The lowest BCUT2D eigenvalue weighted by molar-refractivity contribution is -0.144. The molecule has 0 radical (unpaired) electrons. The number of aliphatic hydroxyl groups is 1. The molecule has 5 atom stereocenters. The van der Waals surface area contributed by atoms with Crippen LogP contribution in [0, 0.1) is 24.0 Å². The number of hydrogen-bond donors (Lipinski definition) is 5. The summed E-state index contributed by atoms with van der Waals surface area (Å²) in [4.78, 5) is 65.6. The number of aromatic nitrogens is 2. The summed E-state index contributed by atoms with van der Waals surface area (Å²) in [5.74, 6) is -2.78. The first-order chi connectivity index (χ1) is 36.6. The predicted octanol–water partition coefficient (Wildman–Crippen LogP) is 8.54. The molecule has 0 bridgehead atoms. The second-order valence-corrected chi connectivity index (χ2v) is 22.5. The Balaban J connectivity index is 0.759. The summed E-state index contributed by atoms with van der Waals surface area (Å²) >= 11 is 1.56. The fraction of sp³-hybridized carbons (Fsp3) is 0.407. The lowest BCUT2D eigenvalue weighted by Crippen LogP contribution is -2.58. The third-order valence-corrected chi connectivity index (χ3v) is 14.9. The fourth-order valence-corrected chi connectivity index (χ4v) is 11.0. The van der Waals surface area contributed by atoms with E-state index in [0.717, 1.165) is 38.2 Å². The number of thiazole rings is 1. The van der Waals surface area contributed by atoms with Crippen molar-refractivity contribution in [1.82, 2.24) is 35.7 Å². The summed E-state index contributed by atoms with van der Waals surface area (Å²) in [6.07, 6.45) is 2.27. The van der Waals surface area contributed by atoms with Crippen LogP contribution in [0.2, 0.25) is 0 Å². The number of likely N-dealkylation sites (tertiary alicyclic amines) is 1. The summed E-state index contributed by atoms with van der Waals surface area (Å²) < 4.78 is 58.8. The molecule has 14 nitrogen and oxygen atoms in total. The Labute approximate surface area is 451 Å². The molecule has 2 aromatic heterocycles. The van der Waals surface area contributed by atoms with Crippen LogP contribution in [0.4, 0.5) is 13.2 Å². The van der Waals surface area contributed by atoms with Gasteiger partial charge in [0, 0.05) is 66.9 Å². The minimum atomic E-state index is -1.63. The minimum Gasteiger partial charge on any atom is -0.491 e. The molecule has 2 aliphatic heterocycles. The standard InChI is InChI=1S/C59H68F3N7O7S/c1-35-26-44-43-10-8-9-11-47(43)66-52(44)53(69(35)33-59(6,7)62)51-45(60)27-39(28-46(51)61)16-21-49(71)63-22-23-75-24-25-76-42-19-14-37(15-20-42)29-50(72)67-55(58(3,4)5)57(74)68-32-41(70)30-48(68)56(73)64-31-38-12-17-40(18-13-38)54-36(2)65-34-77-54/h8-21,27-28,34-35,41,48,53,55,66,70H,22-26,29-33H2,1-7H3,(H,63,71)(H,64,73)(H,67,72)/b21-16+/t35-,41-,48+,53-,55?/m1/s1. The zero-order valence-electron chi connectivity index (χ0n) is 44.6. The first-order valence-corrected chi connectivity index (χ1v) is 26.8. The lowest BCUT2D eigenvalue weighted by Gasteiger charge is -2.43. The van der Waals surface area contributed by atoms with E-state index in [2.05, 4.69) is 25.9 Å². The Morgan fingerprint density at radius 2 is 1.64 bits per heavy atom. The molecular weight excluding hydrogens is 1010 g/mol. The Bertz CT molecular complexity index is 3070. The predicted molar refractivity (Wildman–Crippen MR) is 292 cm³/mol. The molecule has 8 rings (SSSR count). The Morgan fingerprint density at radius 3 is 2.31 bits per heavy atom. The number of benzene rings is 4. The van der Waals surface area contributed by atoms with E-state index < -0.39 is 58.8 Å². The van der Waals surface area contributed by atoms with Crippen molar-refractivity contribution in [2.75, 3.05) is 39.5 Å². The van der Waals surface area contributed by atoms with Crippen LogP contribution in [-0.2, 0) is 43.3 Å². The van der Waals surface area contributed by atoms with E-state index in [9.17, 15) is 24.3 Å². The van der Waals surface area contributed by atoms with Gasteiger partial charge in [0.2, 0.25) is 23.6 Å². The zero-order valence-corrected chi connectivity index (χ0v) is 45.4. The first kappa shape index (κ1) is 56.3. The number of hydrogen-bond acceptors (Lipinski definition) is 10. The topological polar surface area (TPSA) is 178 Å². The number of ether oxygens (including phenoxy) is 2. The van der Waals surface area contributed by atoms with Gasteiger partial charge in [-0.15, -0.1) is 11.3 Å². The van der Waals surface area contributed by atoms with Crippen LogP contribution in [0.25, 0.3) is 27.4 Å². The maximum atomic E-state index is 16.1. The number of carbonyl (C=O) groups excluding carboxylic acids is 4. The van der Waals surface area contributed by atoms with Crippen molar-refractivity contribution in [3.8, 4) is 16.2 Å². The highest BCUT2D eigenvalue weighted by atomic mass is 32.1. The maximum absolute atomic E-state index is 16.1. The quantitative estimate of drug-likeness (QED) is 0.0370. The number of nitrogens with one attached hydrogen (secondary N) is 4. The van der Waals surface area contributed by atoms with Gasteiger partial charge in [-0.2, -0.15) is 0 Å². The van der Waals surface area contributed by atoms with Crippen molar-refractivity contribution in [2.24, 2.45) is 5.41 Å². The maximum Gasteiger partial charge on any atom is 0.246 e. The number of β-amino-alcohol motifs (C(OH)–C–C–N with tert-alkyl or cyclic N) is 1. The molecule has 0 aliphatic carbocycles. The second kappa shape index (κ2) is 24.2. The van der Waals surface area contributed by atoms with Gasteiger partial charge in [0.15, 0.2) is 0 Å². The summed E-state index contributed by atoms with van der Waals surface area (Å²) in [5, 5.41) is 20.1. The SMILES string of the molecule is Cc1ncsc1-c1ccc(CNC(=O)[C@@H]2C[C@@H](O)CN2C(=O)C(NC(=O)Cc2ccc(OCCOCCNC(=O)/C=C/c3cc(F)c([C@@H]4c5[nH]c6ccccc6c5C[C@@H](C)N4CC(C)(C)F)c(F)c3)cc2)C(C)(C)C)cc1. The molecule has 18 heteroatoms. The molecule has 5 N–H and O–H groups in total. The van der Waals surface area contributed by atoms with Gasteiger partial charge in [0.1, 0.15) is 41.7 Å². The van der Waals surface area contributed by atoms with Gasteiger partial charge in [-0.05, 0) is 104 Å². The molecule has 1 saturated heterocycles. The molecule has 6 aromatic rings. The first-order valence-electron chi connectivity index (χ1n) is 26.0. The van der Waals surface area contributed by atoms with E-state index in [1.54, 1.807) is 41.1 Å².